The van der Waals surface area contributed by atoms with Crippen LogP contribution in [0, 0.1) is 5.82 Å². The third-order valence-electron chi connectivity index (χ3n) is 3.49. The fourth-order valence-corrected chi connectivity index (χ4v) is 2.81. The number of halogens is 3. The van der Waals surface area contributed by atoms with E-state index in [-0.39, 0.29) is 22.7 Å². The smallest absolute Gasteiger partial charge is 0.251 e. The molecule has 1 aliphatic rings. The molecule has 0 saturated carbocycles. The molecule has 0 radical (unpaired) electrons. The number of amides is 1. The van der Waals surface area contributed by atoms with Crippen LogP contribution in [-0.2, 0) is 0 Å². The van der Waals surface area contributed by atoms with Crippen LogP contribution in [-0.4, -0.2) is 12.7 Å². The minimum Gasteiger partial charge on any atom is -0.454 e. The van der Waals surface area contributed by atoms with Gasteiger partial charge in [-0.15, -0.1) is 0 Å². The van der Waals surface area contributed by atoms with Crippen LogP contribution >= 0.6 is 23.2 Å². The summed E-state index contributed by atoms with van der Waals surface area (Å²) in [5.74, 6) is 0.191. The third kappa shape index (κ3) is 3.21. The molecule has 2 aromatic carbocycles. The van der Waals surface area contributed by atoms with Crippen LogP contribution in [0.1, 0.15) is 28.9 Å². The lowest BCUT2D eigenvalue weighted by atomic mass is 10.1. The highest BCUT2D eigenvalue weighted by Crippen LogP contribution is 2.33. The number of nitrogens with one attached hydrogen (secondary N) is 1. The molecule has 1 atom stereocenters. The fraction of sp³-hybridized carbons (Fsp3) is 0.188. The minimum absolute atomic E-state index is 0.0620. The van der Waals surface area contributed by atoms with Crippen LogP contribution in [0.4, 0.5) is 4.39 Å². The summed E-state index contributed by atoms with van der Waals surface area (Å²) < 4.78 is 24.0. The van der Waals surface area contributed by atoms with Crippen molar-refractivity contribution < 1.29 is 18.7 Å². The lowest BCUT2D eigenvalue weighted by molar-refractivity contribution is 0.0939. The Morgan fingerprint density at radius 1 is 1.17 bits per heavy atom. The largest absolute Gasteiger partial charge is 0.454 e. The van der Waals surface area contributed by atoms with Gasteiger partial charge in [0.2, 0.25) is 6.79 Å². The topological polar surface area (TPSA) is 47.6 Å². The molecule has 1 heterocycles. The molecule has 0 bridgehead atoms. The summed E-state index contributed by atoms with van der Waals surface area (Å²) >= 11 is 11.7. The Bertz CT molecular complexity index is 782. The summed E-state index contributed by atoms with van der Waals surface area (Å²) in [4.78, 5) is 12.3. The Balaban J connectivity index is 1.78. The summed E-state index contributed by atoms with van der Waals surface area (Å²) in [5, 5.41) is 2.99. The van der Waals surface area contributed by atoms with Crippen LogP contribution in [0.25, 0.3) is 0 Å². The molecule has 1 N–H and O–H groups in total. The number of carbonyl (C=O) groups is 1. The lowest BCUT2D eigenvalue weighted by Crippen LogP contribution is -2.26. The van der Waals surface area contributed by atoms with Crippen LogP contribution in [0.15, 0.2) is 30.3 Å². The first-order chi connectivity index (χ1) is 11.0. The van der Waals surface area contributed by atoms with E-state index in [9.17, 15) is 9.18 Å². The molecule has 1 aliphatic heterocycles. The second-order valence-corrected chi connectivity index (χ2v) is 5.87. The molecule has 2 aromatic rings. The zero-order valence-corrected chi connectivity index (χ0v) is 13.5. The van der Waals surface area contributed by atoms with Gasteiger partial charge in [-0.25, -0.2) is 4.39 Å². The summed E-state index contributed by atoms with van der Waals surface area (Å²) in [6.45, 7) is 1.84. The average molecular weight is 356 g/mol. The minimum atomic E-state index is -0.588. The first-order valence-electron chi connectivity index (χ1n) is 6.80. The maximum Gasteiger partial charge on any atom is 0.251 e. The van der Waals surface area contributed by atoms with Gasteiger partial charge >= 0.3 is 0 Å². The highest BCUT2D eigenvalue weighted by Gasteiger charge is 2.19. The first kappa shape index (κ1) is 15.9. The molecule has 0 saturated heterocycles. The maximum absolute atomic E-state index is 13.6. The summed E-state index contributed by atoms with van der Waals surface area (Å²) in [6, 6.07) is 6.92. The Morgan fingerprint density at radius 3 is 2.70 bits per heavy atom. The molecule has 0 aliphatic carbocycles. The number of hydrogen-bond donors (Lipinski definition) is 1. The van der Waals surface area contributed by atoms with E-state index in [0.717, 1.165) is 0 Å². The molecule has 1 amide bonds. The van der Waals surface area contributed by atoms with Gasteiger partial charge in [-0.3, -0.25) is 4.79 Å². The third-order valence-corrected chi connectivity index (χ3v) is 4.11. The molecule has 120 valence electrons. The van der Waals surface area contributed by atoms with E-state index in [1.807, 2.05) is 0 Å². The monoisotopic (exact) mass is 355 g/mol. The van der Waals surface area contributed by atoms with Crippen LogP contribution in [0.2, 0.25) is 10.0 Å². The van der Waals surface area contributed by atoms with Gasteiger partial charge in [-0.05, 0) is 42.8 Å². The zero-order valence-electron chi connectivity index (χ0n) is 12.0. The van der Waals surface area contributed by atoms with E-state index in [0.29, 0.717) is 22.6 Å². The van der Waals surface area contributed by atoms with Crippen molar-refractivity contribution >= 4 is 29.1 Å². The standard InChI is InChI=1S/C16H12Cl2FNO3/c1-8(10-5-13(19)12(18)6-11(10)17)20-16(21)9-2-3-14-15(4-9)23-7-22-14/h2-6,8H,7H2,1H3,(H,20,21)/t8-/m1/s1. The van der Waals surface area contributed by atoms with Crippen molar-refractivity contribution in [2.75, 3.05) is 6.79 Å². The van der Waals surface area contributed by atoms with E-state index >= 15 is 0 Å². The molecule has 0 unspecified atom stereocenters. The van der Waals surface area contributed by atoms with Crippen molar-refractivity contribution in [3.63, 3.8) is 0 Å². The van der Waals surface area contributed by atoms with E-state index < -0.39 is 11.9 Å². The molecule has 0 fully saturated rings. The number of hydrogen-bond acceptors (Lipinski definition) is 3. The first-order valence-corrected chi connectivity index (χ1v) is 7.56. The maximum atomic E-state index is 13.6. The van der Waals surface area contributed by atoms with Crippen molar-refractivity contribution in [1.29, 1.82) is 0 Å². The quantitative estimate of drug-likeness (QED) is 0.832. The number of fused-ring (bicyclic) bond motifs is 1. The summed E-state index contributed by atoms with van der Waals surface area (Å²) in [7, 11) is 0. The van der Waals surface area contributed by atoms with Crippen LogP contribution in [0.5, 0.6) is 11.5 Å². The molecule has 23 heavy (non-hydrogen) atoms. The Labute approximate surface area is 142 Å². The summed E-state index contributed by atoms with van der Waals surface area (Å²) in [6.07, 6.45) is 0. The number of rotatable bonds is 3. The zero-order chi connectivity index (χ0) is 16.6. The predicted molar refractivity (Wildman–Crippen MR) is 84.9 cm³/mol. The van der Waals surface area contributed by atoms with Crippen molar-refractivity contribution in [3.8, 4) is 11.5 Å². The lowest BCUT2D eigenvalue weighted by Gasteiger charge is -2.16. The van der Waals surface area contributed by atoms with Crippen molar-refractivity contribution in [2.24, 2.45) is 0 Å². The van der Waals surface area contributed by atoms with Crippen molar-refractivity contribution in [1.82, 2.24) is 5.32 Å². The molecule has 0 spiro atoms. The van der Waals surface area contributed by atoms with Gasteiger partial charge in [0, 0.05) is 10.6 Å². The molecule has 4 nitrogen and oxygen atoms in total. The fourth-order valence-electron chi connectivity index (χ4n) is 2.27. The van der Waals surface area contributed by atoms with E-state index in [1.54, 1.807) is 25.1 Å². The molecular weight excluding hydrogens is 344 g/mol. The summed E-state index contributed by atoms with van der Waals surface area (Å²) in [5.41, 5.74) is 0.856. The van der Waals surface area contributed by atoms with E-state index in [1.165, 1.54) is 12.1 Å². The van der Waals surface area contributed by atoms with Crippen molar-refractivity contribution in [2.45, 2.75) is 13.0 Å². The Hall–Kier alpha value is -1.98. The Morgan fingerprint density at radius 2 is 1.91 bits per heavy atom. The average Bonchev–Trinajstić information content (AvgIpc) is 2.98. The molecule has 7 heteroatoms. The van der Waals surface area contributed by atoms with Gasteiger partial charge in [0.1, 0.15) is 5.82 Å². The van der Waals surface area contributed by atoms with Crippen LogP contribution < -0.4 is 14.8 Å². The van der Waals surface area contributed by atoms with Crippen molar-refractivity contribution in [3.05, 3.63) is 57.3 Å². The molecule has 3 rings (SSSR count). The number of benzene rings is 2. The highest BCUT2D eigenvalue weighted by atomic mass is 35.5. The second kappa shape index (κ2) is 6.26. The van der Waals surface area contributed by atoms with Gasteiger partial charge < -0.3 is 14.8 Å². The van der Waals surface area contributed by atoms with Gasteiger partial charge in [-0.1, -0.05) is 23.2 Å². The molecule has 0 aromatic heterocycles. The van der Waals surface area contributed by atoms with Gasteiger partial charge in [0.25, 0.3) is 5.91 Å². The van der Waals surface area contributed by atoms with E-state index in [2.05, 4.69) is 5.32 Å². The highest BCUT2D eigenvalue weighted by molar-refractivity contribution is 6.35. The van der Waals surface area contributed by atoms with Gasteiger partial charge in [0.05, 0.1) is 11.1 Å². The predicted octanol–water partition coefficient (Wildman–Crippen LogP) is 4.35. The van der Waals surface area contributed by atoms with Crippen LogP contribution in [0.3, 0.4) is 0 Å². The normalized spacial score (nSPS) is 13.7. The SMILES string of the molecule is C[C@@H](NC(=O)c1ccc2c(c1)OCO2)c1cc(F)c(Cl)cc1Cl. The second-order valence-electron chi connectivity index (χ2n) is 5.05. The molecular formula is C16H12Cl2FNO3. The van der Waals surface area contributed by atoms with Gasteiger partial charge in [0.15, 0.2) is 11.5 Å². The number of carbonyl (C=O) groups excluding carboxylic acids is 1. The Kier molecular flexibility index (Phi) is 4.33. The number of ether oxygens (including phenoxy) is 2. The van der Waals surface area contributed by atoms with Gasteiger partial charge in [-0.2, -0.15) is 0 Å². The van der Waals surface area contributed by atoms with E-state index in [4.69, 9.17) is 32.7 Å².